The number of benzene rings is 2. The van der Waals surface area contributed by atoms with Crippen LogP contribution in [0.3, 0.4) is 0 Å². The van der Waals surface area contributed by atoms with E-state index in [1.165, 1.54) is 0 Å². The average Bonchev–Trinajstić information content (AvgIpc) is 2.43. The standard InChI is InChI=1S/C17H19NO2/c18-14-3-1-2-11(9-14)8-13-5-4-12-6-7-15(19)10-16(12)17(13)20/h1-3,6-7,9-10,13,17,19-20H,4-5,8,18H2. The fourth-order valence-electron chi connectivity index (χ4n) is 3.07. The SMILES string of the molecule is Nc1cccc(CC2CCc3ccc(O)cc3C2O)c1. The summed E-state index contributed by atoms with van der Waals surface area (Å²) in [5.74, 6) is 0.388. The molecular formula is C17H19NO2. The van der Waals surface area contributed by atoms with Crippen LogP contribution in [0.4, 0.5) is 5.69 Å². The zero-order chi connectivity index (χ0) is 14.1. The highest BCUT2D eigenvalue weighted by Gasteiger charge is 2.28. The van der Waals surface area contributed by atoms with E-state index in [0.717, 1.165) is 41.6 Å². The smallest absolute Gasteiger partial charge is 0.115 e. The van der Waals surface area contributed by atoms with Crippen LogP contribution < -0.4 is 5.73 Å². The molecule has 0 spiro atoms. The second kappa shape index (κ2) is 5.17. The lowest BCUT2D eigenvalue weighted by molar-refractivity contribution is 0.0934. The third kappa shape index (κ3) is 2.49. The molecule has 0 fully saturated rings. The summed E-state index contributed by atoms with van der Waals surface area (Å²) in [6.45, 7) is 0. The first kappa shape index (κ1) is 13.0. The molecule has 2 atom stereocenters. The van der Waals surface area contributed by atoms with E-state index in [1.807, 2.05) is 30.3 Å². The zero-order valence-corrected chi connectivity index (χ0v) is 11.3. The molecule has 2 aromatic rings. The molecule has 0 saturated carbocycles. The van der Waals surface area contributed by atoms with Gasteiger partial charge in [0.2, 0.25) is 0 Å². The largest absolute Gasteiger partial charge is 0.508 e. The molecule has 1 aliphatic rings. The van der Waals surface area contributed by atoms with E-state index in [-0.39, 0.29) is 11.7 Å². The first-order chi connectivity index (χ1) is 9.63. The van der Waals surface area contributed by atoms with Crippen LogP contribution >= 0.6 is 0 Å². The predicted molar refractivity (Wildman–Crippen MR) is 79.4 cm³/mol. The number of aliphatic hydroxyl groups is 1. The molecule has 0 heterocycles. The Morgan fingerprint density at radius 3 is 2.80 bits per heavy atom. The van der Waals surface area contributed by atoms with Crippen LogP contribution in [0, 0.1) is 5.92 Å². The summed E-state index contributed by atoms with van der Waals surface area (Å²) in [4.78, 5) is 0. The molecule has 4 N–H and O–H groups in total. The minimum absolute atomic E-state index is 0.172. The Morgan fingerprint density at radius 2 is 2.00 bits per heavy atom. The van der Waals surface area contributed by atoms with Crippen LogP contribution in [0.25, 0.3) is 0 Å². The van der Waals surface area contributed by atoms with E-state index in [9.17, 15) is 10.2 Å². The van der Waals surface area contributed by atoms with Crippen molar-refractivity contribution in [3.05, 3.63) is 59.2 Å². The quantitative estimate of drug-likeness (QED) is 0.734. The first-order valence-electron chi connectivity index (χ1n) is 6.98. The normalized spacial score (nSPS) is 21.4. The number of hydrogen-bond acceptors (Lipinski definition) is 3. The van der Waals surface area contributed by atoms with Gasteiger partial charge in [-0.3, -0.25) is 0 Å². The lowest BCUT2D eigenvalue weighted by Gasteiger charge is -2.30. The van der Waals surface area contributed by atoms with E-state index in [4.69, 9.17) is 5.73 Å². The molecule has 3 nitrogen and oxygen atoms in total. The molecular weight excluding hydrogens is 250 g/mol. The molecule has 0 aromatic heterocycles. The van der Waals surface area contributed by atoms with Crippen LogP contribution in [0.5, 0.6) is 5.75 Å². The maximum atomic E-state index is 10.5. The van der Waals surface area contributed by atoms with Gasteiger partial charge in [0.25, 0.3) is 0 Å². The summed E-state index contributed by atoms with van der Waals surface area (Å²) < 4.78 is 0. The number of fused-ring (bicyclic) bond motifs is 1. The maximum absolute atomic E-state index is 10.5. The Kier molecular flexibility index (Phi) is 3.36. The second-order valence-corrected chi connectivity index (χ2v) is 5.58. The van der Waals surface area contributed by atoms with Gasteiger partial charge < -0.3 is 15.9 Å². The van der Waals surface area contributed by atoms with Crippen molar-refractivity contribution >= 4 is 5.69 Å². The summed E-state index contributed by atoms with van der Waals surface area (Å²) in [6, 6.07) is 13.1. The summed E-state index contributed by atoms with van der Waals surface area (Å²) in [5, 5.41) is 20.1. The van der Waals surface area contributed by atoms with Crippen molar-refractivity contribution in [1.29, 1.82) is 0 Å². The van der Waals surface area contributed by atoms with Gasteiger partial charge in [0.15, 0.2) is 0 Å². The van der Waals surface area contributed by atoms with Crippen molar-refractivity contribution in [2.45, 2.75) is 25.4 Å². The Balaban J connectivity index is 1.83. The predicted octanol–water partition coefficient (Wildman–Crippen LogP) is 2.81. The number of phenolic OH excluding ortho intramolecular Hbond substituents is 1. The molecule has 20 heavy (non-hydrogen) atoms. The third-order valence-corrected chi connectivity index (χ3v) is 4.13. The number of nitrogen functional groups attached to an aromatic ring is 1. The van der Waals surface area contributed by atoms with Crippen molar-refractivity contribution in [3.8, 4) is 5.75 Å². The van der Waals surface area contributed by atoms with Crippen LogP contribution in [0.15, 0.2) is 42.5 Å². The fourth-order valence-corrected chi connectivity index (χ4v) is 3.07. The summed E-state index contributed by atoms with van der Waals surface area (Å²) >= 11 is 0. The molecule has 0 aliphatic heterocycles. The van der Waals surface area contributed by atoms with Gasteiger partial charge in [-0.2, -0.15) is 0 Å². The van der Waals surface area contributed by atoms with Crippen LogP contribution in [0.2, 0.25) is 0 Å². The van der Waals surface area contributed by atoms with Crippen LogP contribution in [-0.2, 0) is 12.8 Å². The Bertz CT molecular complexity index is 624. The minimum atomic E-state index is -0.521. The Labute approximate surface area is 118 Å². The number of aliphatic hydroxyl groups excluding tert-OH is 1. The highest BCUT2D eigenvalue weighted by molar-refractivity contribution is 5.42. The number of hydrogen-bond donors (Lipinski definition) is 3. The number of aryl methyl sites for hydroxylation is 1. The number of phenols is 1. The monoisotopic (exact) mass is 269 g/mol. The Hall–Kier alpha value is -2.00. The molecule has 3 rings (SSSR count). The van der Waals surface area contributed by atoms with E-state index < -0.39 is 6.10 Å². The van der Waals surface area contributed by atoms with Gasteiger partial charge >= 0.3 is 0 Å². The number of rotatable bonds is 2. The minimum Gasteiger partial charge on any atom is -0.508 e. The highest BCUT2D eigenvalue weighted by atomic mass is 16.3. The molecule has 2 unspecified atom stereocenters. The van der Waals surface area contributed by atoms with Crippen LogP contribution in [0.1, 0.15) is 29.2 Å². The highest BCUT2D eigenvalue weighted by Crippen LogP contribution is 2.37. The van der Waals surface area contributed by atoms with Crippen molar-refractivity contribution in [1.82, 2.24) is 0 Å². The van der Waals surface area contributed by atoms with Crippen LogP contribution in [-0.4, -0.2) is 10.2 Å². The summed E-state index contributed by atoms with van der Waals surface area (Å²) in [7, 11) is 0. The van der Waals surface area contributed by atoms with Gasteiger partial charge in [-0.05, 0) is 66.1 Å². The lowest BCUT2D eigenvalue weighted by atomic mass is 9.78. The van der Waals surface area contributed by atoms with Crippen molar-refractivity contribution in [3.63, 3.8) is 0 Å². The van der Waals surface area contributed by atoms with Crippen molar-refractivity contribution in [2.75, 3.05) is 5.73 Å². The summed E-state index contributed by atoms with van der Waals surface area (Å²) in [5.41, 5.74) is 9.71. The molecule has 104 valence electrons. The van der Waals surface area contributed by atoms with E-state index in [2.05, 4.69) is 0 Å². The number of aromatic hydroxyl groups is 1. The molecule has 0 amide bonds. The molecule has 2 aromatic carbocycles. The van der Waals surface area contributed by atoms with Gasteiger partial charge in [-0.1, -0.05) is 18.2 Å². The maximum Gasteiger partial charge on any atom is 0.115 e. The fraction of sp³-hybridized carbons (Fsp3) is 0.294. The molecule has 0 radical (unpaired) electrons. The lowest BCUT2D eigenvalue weighted by Crippen LogP contribution is -2.22. The summed E-state index contributed by atoms with van der Waals surface area (Å²) in [6.07, 6.45) is 2.18. The molecule has 3 heteroatoms. The second-order valence-electron chi connectivity index (χ2n) is 5.58. The number of nitrogens with two attached hydrogens (primary N) is 1. The molecule has 0 saturated heterocycles. The molecule has 1 aliphatic carbocycles. The number of anilines is 1. The van der Waals surface area contributed by atoms with E-state index in [0.29, 0.717) is 0 Å². The third-order valence-electron chi connectivity index (χ3n) is 4.13. The van der Waals surface area contributed by atoms with Crippen molar-refractivity contribution < 1.29 is 10.2 Å². The topological polar surface area (TPSA) is 66.5 Å². The van der Waals surface area contributed by atoms with Gasteiger partial charge in [0.05, 0.1) is 6.10 Å². The van der Waals surface area contributed by atoms with Crippen molar-refractivity contribution in [2.24, 2.45) is 5.92 Å². The van der Waals surface area contributed by atoms with Gasteiger partial charge in [-0.25, -0.2) is 0 Å². The van der Waals surface area contributed by atoms with Gasteiger partial charge in [0.1, 0.15) is 5.75 Å². The zero-order valence-electron chi connectivity index (χ0n) is 11.3. The first-order valence-corrected chi connectivity index (χ1v) is 6.98. The Morgan fingerprint density at radius 1 is 1.15 bits per heavy atom. The van der Waals surface area contributed by atoms with Gasteiger partial charge in [-0.15, -0.1) is 0 Å². The van der Waals surface area contributed by atoms with E-state index >= 15 is 0 Å². The van der Waals surface area contributed by atoms with Gasteiger partial charge in [0, 0.05) is 5.69 Å². The average molecular weight is 269 g/mol. The van der Waals surface area contributed by atoms with E-state index in [1.54, 1.807) is 12.1 Å². The molecule has 0 bridgehead atoms.